The van der Waals surface area contributed by atoms with Crippen LogP contribution in [0.2, 0.25) is 0 Å². The Morgan fingerprint density at radius 2 is 1.80 bits per heavy atom. The molecule has 0 aliphatic carbocycles. The molecule has 1 amide bonds. The summed E-state index contributed by atoms with van der Waals surface area (Å²) in [6.07, 6.45) is -4.61. The van der Waals surface area contributed by atoms with Crippen molar-refractivity contribution in [1.29, 1.82) is 0 Å². The third kappa shape index (κ3) is 4.15. The first-order valence-electron chi connectivity index (χ1n) is 7.65. The molecule has 1 heterocycles. The molecule has 0 saturated carbocycles. The topological polar surface area (TPSA) is 50.2 Å². The van der Waals surface area contributed by atoms with E-state index in [0.717, 1.165) is 25.8 Å². The molecule has 0 aliphatic rings. The van der Waals surface area contributed by atoms with E-state index in [1.165, 1.54) is 0 Å². The minimum atomic E-state index is -4.61. The molecule has 25 heavy (non-hydrogen) atoms. The van der Waals surface area contributed by atoms with Crippen LogP contribution in [0.1, 0.15) is 30.0 Å². The number of hydrogen-bond donors (Lipinski definition) is 1. The van der Waals surface area contributed by atoms with Crippen molar-refractivity contribution in [2.75, 3.05) is 23.3 Å². The number of nitrogens with one attached hydrogen (secondary N) is 1. The molecular weight excluding hydrogens is 401 g/mol. The summed E-state index contributed by atoms with van der Waals surface area (Å²) in [4.78, 5) is 14.4. The van der Waals surface area contributed by atoms with Gasteiger partial charge in [-0.05, 0) is 54.0 Å². The van der Waals surface area contributed by atoms with Crippen molar-refractivity contribution in [3.63, 3.8) is 0 Å². The number of amides is 1. The number of rotatable bonds is 5. The van der Waals surface area contributed by atoms with Gasteiger partial charge in [0.05, 0.1) is 4.47 Å². The van der Waals surface area contributed by atoms with Crippen molar-refractivity contribution in [3.05, 3.63) is 40.1 Å². The Morgan fingerprint density at radius 1 is 1.24 bits per heavy atom. The minimum absolute atomic E-state index is 0.317. The lowest BCUT2D eigenvalue weighted by Crippen LogP contribution is -2.21. The SMILES string of the molecule is CCN(CC)c1ccc(NC(=O)c2nn(C)c(C(F)(F)F)c2Br)cc1. The third-order valence-corrected chi connectivity index (χ3v) is 4.48. The molecule has 2 rings (SSSR count). The van der Waals surface area contributed by atoms with Gasteiger partial charge in [-0.3, -0.25) is 9.48 Å². The van der Waals surface area contributed by atoms with E-state index >= 15 is 0 Å². The van der Waals surface area contributed by atoms with Crippen LogP contribution in [-0.4, -0.2) is 28.8 Å². The molecule has 0 saturated heterocycles. The van der Waals surface area contributed by atoms with Crippen LogP contribution in [0, 0.1) is 0 Å². The van der Waals surface area contributed by atoms with Crippen LogP contribution in [0.3, 0.4) is 0 Å². The fraction of sp³-hybridized carbons (Fsp3) is 0.375. The number of anilines is 2. The molecule has 136 valence electrons. The predicted octanol–water partition coefficient (Wildman–Crippen LogP) is 4.30. The highest BCUT2D eigenvalue weighted by Gasteiger charge is 2.39. The van der Waals surface area contributed by atoms with Crippen LogP contribution >= 0.6 is 15.9 Å². The van der Waals surface area contributed by atoms with E-state index in [4.69, 9.17) is 0 Å². The molecule has 0 bridgehead atoms. The standard InChI is InChI=1S/C16H18BrF3N4O/c1-4-24(5-2)11-8-6-10(7-9-11)21-15(25)13-12(17)14(16(18,19)20)23(3)22-13/h6-9H,4-5H2,1-3H3,(H,21,25). The van der Waals surface area contributed by atoms with Crippen LogP contribution in [0.15, 0.2) is 28.7 Å². The number of hydrogen-bond acceptors (Lipinski definition) is 3. The lowest BCUT2D eigenvalue weighted by atomic mass is 10.2. The van der Waals surface area contributed by atoms with Crippen LogP contribution in [0.25, 0.3) is 0 Å². The molecule has 0 fully saturated rings. The van der Waals surface area contributed by atoms with Crippen LogP contribution in [0.4, 0.5) is 24.5 Å². The zero-order chi connectivity index (χ0) is 18.8. The molecular formula is C16H18BrF3N4O. The molecule has 2 aromatic rings. The average molecular weight is 419 g/mol. The number of carbonyl (C=O) groups is 1. The van der Waals surface area contributed by atoms with Crippen molar-refractivity contribution in [3.8, 4) is 0 Å². The number of alkyl halides is 3. The second-order valence-corrected chi connectivity index (χ2v) is 6.10. The summed E-state index contributed by atoms with van der Waals surface area (Å²) < 4.78 is 39.2. The van der Waals surface area contributed by atoms with E-state index < -0.39 is 17.8 Å². The van der Waals surface area contributed by atoms with Gasteiger partial charge in [0.15, 0.2) is 11.4 Å². The van der Waals surface area contributed by atoms with Gasteiger partial charge in [0.2, 0.25) is 0 Å². The minimum Gasteiger partial charge on any atom is -0.372 e. The second-order valence-electron chi connectivity index (χ2n) is 5.31. The van der Waals surface area contributed by atoms with Gasteiger partial charge in [0, 0.05) is 31.5 Å². The predicted molar refractivity (Wildman–Crippen MR) is 93.9 cm³/mol. The first-order valence-corrected chi connectivity index (χ1v) is 8.44. The highest BCUT2D eigenvalue weighted by Crippen LogP contribution is 2.36. The van der Waals surface area contributed by atoms with Crippen LogP contribution in [-0.2, 0) is 13.2 Å². The summed E-state index contributed by atoms with van der Waals surface area (Å²) >= 11 is 2.83. The monoisotopic (exact) mass is 418 g/mol. The van der Waals surface area contributed by atoms with Gasteiger partial charge in [-0.1, -0.05) is 0 Å². The molecule has 0 unspecified atom stereocenters. The fourth-order valence-electron chi connectivity index (χ4n) is 2.49. The molecule has 1 aromatic carbocycles. The first-order chi connectivity index (χ1) is 11.7. The van der Waals surface area contributed by atoms with Gasteiger partial charge in [0.25, 0.3) is 5.91 Å². The van der Waals surface area contributed by atoms with E-state index in [9.17, 15) is 18.0 Å². The van der Waals surface area contributed by atoms with E-state index in [2.05, 4.69) is 31.2 Å². The smallest absolute Gasteiger partial charge is 0.372 e. The highest BCUT2D eigenvalue weighted by atomic mass is 79.9. The largest absolute Gasteiger partial charge is 0.434 e. The quantitative estimate of drug-likeness (QED) is 0.787. The number of carbonyl (C=O) groups excluding carboxylic acids is 1. The lowest BCUT2D eigenvalue weighted by molar-refractivity contribution is -0.144. The summed E-state index contributed by atoms with van der Waals surface area (Å²) in [7, 11) is 1.14. The van der Waals surface area contributed by atoms with Crippen molar-refractivity contribution < 1.29 is 18.0 Å². The van der Waals surface area contributed by atoms with Gasteiger partial charge >= 0.3 is 6.18 Å². The number of nitrogens with zero attached hydrogens (tertiary/aromatic N) is 3. The normalized spacial score (nSPS) is 11.5. The van der Waals surface area contributed by atoms with E-state index in [0.29, 0.717) is 10.4 Å². The van der Waals surface area contributed by atoms with Crippen molar-refractivity contribution >= 4 is 33.2 Å². The number of benzene rings is 1. The maximum atomic E-state index is 13.0. The Balaban J connectivity index is 2.21. The Hall–Kier alpha value is -2.03. The first kappa shape index (κ1) is 19.3. The Kier molecular flexibility index (Phi) is 5.76. The third-order valence-electron chi connectivity index (χ3n) is 3.73. The lowest BCUT2D eigenvalue weighted by Gasteiger charge is -2.21. The zero-order valence-corrected chi connectivity index (χ0v) is 15.6. The fourth-order valence-corrected chi connectivity index (χ4v) is 3.23. The zero-order valence-electron chi connectivity index (χ0n) is 14.0. The average Bonchev–Trinajstić information content (AvgIpc) is 2.85. The van der Waals surface area contributed by atoms with Gasteiger partial charge in [-0.2, -0.15) is 18.3 Å². The summed E-state index contributed by atoms with van der Waals surface area (Å²) in [5.41, 5.74) is 0.158. The molecule has 9 heteroatoms. The van der Waals surface area contributed by atoms with Crippen LogP contribution in [0.5, 0.6) is 0 Å². The number of aromatic nitrogens is 2. The van der Waals surface area contributed by atoms with Crippen molar-refractivity contribution in [2.45, 2.75) is 20.0 Å². The van der Waals surface area contributed by atoms with E-state index in [1.807, 2.05) is 26.0 Å². The van der Waals surface area contributed by atoms with Gasteiger partial charge < -0.3 is 10.2 Å². The second kappa shape index (κ2) is 7.47. The maximum absolute atomic E-state index is 13.0. The van der Waals surface area contributed by atoms with E-state index in [1.54, 1.807) is 12.1 Å². The number of halogens is 4. The molecule has 1 N–H and O–H groups in total. The van der Waals surface area contributed by atoms with Gasteiger partial charge in [-0.25, -0.2) is 0 Å². The summed E-state index contributed by atoms with van der Waals surface area (Å²) in [6.45, 7) is 5.78. The Labute approximate surface area is 151 Å². The molecule has 0 radical (unpaired) electrons. The maximum Gasteiger partial charge on any atom is 0.434 e. The van der Waals surface area contributed by atoms with Gasteiger partial charge in [0.1, 0.15) is 0 Å². The molecule has 0 aliphatic heterocycles. The van der Waals surface area contributed by atoms with E-state index in [-0.39, 0.29) is 10.2 Å². The molecule has 0 atom stereocenters. The van der Waals surface area contributed by atoms with Crippen molar-refractivity contribution in [1.82, 2.24) is 9.78 Å². The summed E-state index contributed by atoms with van der Waals surface area (Å²) in [5, 5.41) is 6.24. The molecule has 1 aromatic heterocycles. The van der Waals surface area contributed by atoms with Crippen LogP contribution < -0.4 is 10.2 Å². The number of aryl methyl sites for hydroxylation is 1. The van der Waals surface area contributed by atoms with Gasteiger partial charge in [-0.15, -0.1) is 0 Å². The molecule has 5 nitrogen and oxygen atoms in total. The Morgan fingerprint density at radius 3 is 2.24 bits per heavy atom. The summed E-state index contributed by atoms with van der Waals surface area (Å²) in [5.74, 6) is -0.714. The summed E-state index contributed by atoms with van der Waals surface area (Å²) in [6, 6.07) is 7.09. The Bertz CT molecular complexity index is 752. The van der Waals surface area contributed by atoms with Crippen molar-refractivity contribution in [2.24, 2.45) is 7.05 Å². The highest BCUT2D eigenvalue weighted by molar-refractivity contribution is 9.10. The molecule has 0 spiro atoms.